The second-order valence-corrected chi connectivity index (χ2v) is 9.11. The molecule has 3 aromatic rings. The van der Waals surface area contributed by atoms with Crippen molar-refractivity contribution in [2.45, 2.75) is 32.7 Å². The van der Waals surface area contributed by atoms with E-state index in [-0.39, 0.29) is 5.91 Å². The van der Waals surface area contributed by atoms with E-state index in [9.17, 15) is 4.79 Å². The van der Waals surface area contributed by atoms with Gasteiger partial charge >= 0.3 is 0 Å². The van der Waals surface area contributed by atoms with Crippen molar-refractivity contribution >= 4 is 22.4 Å². The lowest BCUT2D eigenvalue weighted by atomic mass is 10.1. The number of hydrogen-bond acceptors (Lipinski definition) is 5. The Bertz CT molecular complexity index is 995. The molecule has 1 amide bonds. The van der Waals surface area contributed by atoms with Gasteiger partial charge in [0.25, 0.3) is 0 Å². The smallest absolute Gasteiger partial charge is 0.243 e. The van der Waals surface area contributed by atoms with Gasteiger partial charge in [0.2, 0.25) is 5.91 Å². The van der Waals surface area contributed by atoms with Crippen molar-refractivity contribution in [3.63, 3.8) is 0 Å². The molecular formula is C25H29N3O2S. The van der Waals surface area contributed by atoms with Crippen molar-refractivity contribution in [1.82, 2.24) is 9.88 Å². The molecule has 0 bridgehead atoms. The number of aromatic nitrogens is 1. The summed E-state index contributed by atoms with van der Waals surface area (Å²) in [6.45, 7) is 5.04. The van der Waals surface area contributed by atoms with Gasteiger partial charge in [0, 0.05) is 10.4 Å². The molecule has 162 valence electrons. The normalized spacial score (nSPS) is 14.4. The van der Waals surface area contributed by atoms with E-state index in [4.69, 9.17) is 9.72 Å². The Kier molecular flexibility index (Phi) is 6.99. The van der Waals surface area contributed by atoms with Crippen LogP contribution in [0.25, 0.3) is 11.3 Å². The maximum absolute atomic E-state index is 13.4. The van der Waals surface area contributed by atoms with Crippen LogP contribution in [-0.2, 0) is 11.3 Å². The fraction of sp³-hybridized carbons (Fsp3) is 0.360. The largest absolute Gasteiger partial charge is 0.497 e. The molecule has 1 aliphatic rings. The maximum Gasteiger partial charge on any atom is 0.243 e. The van der Waals surface area contributed by atoms with Gasteiger partial charge in [-0.15, -0.1) is 11.3 Å². The molecule has 2 heterocycles. The first kappa shape index (κ1) is 21.5. The molecule has 1 aliphatic heterocycles. The lowest BCUT2D eigenvalue weighted by Gasteiger charge is -2.28. The van der Waals surface area contributed by atoms with Crippen molar-refractivity contribution in [2.75, 3.05) is 31.6 Å². The summed E-state index contributed by atoms with van der Waals surface area (Å²) < 4.78 is 5.27. The van der Waals surface area contributed by atoms with Gasteiger partial charge < -0.3 is 4.74 Å². The van der Waals surface area contributed by atoms with Crippen LogP contribution in [0.1, 0.15) is 29.7 Å². The number of carbonyl (C=O) groups is 1. The molecule has 5 nitrogen and oxygen atoms in total. The highest BCUT2D eigenvalue weighted by Crippen LogP contribution is 2.34. The minimum absolute atomic E-state index is 0.112. The van der Waals surface area contributed by atoms with Crippen LogP contribution in [0.4, 0.5) is 5.13 Å². The van der Waals surface area contributed by atoms with Crippen molar-refractivity contribution in [2.24, 2.45) is 0 Å². The third-order valence-electron chi connectivity index (χ3n) is 5.67. The molecule has 0 unspecified atom stereocenters. The van der Waals surface area contributed by atoms with E-state index in [1.807, 2.05) is 47.4 Å². The summed E-state index contributed by atoms with van der Waals surface area (Å²) in [5, 5.41) is 0.759. The van der Waals surface area contributed by atoms with Crippen molar-refractivity contribution in [3.05, 3.63) is 65.0 Å². The molecule has 1 saturated heterocycles. The van der Waals surface area contributed by atoms with Gasteiger partial charge in [0.1, 0.15) is 5.75 Å². The highest BCUT2D eigenvalue weighted by molar-refractivity contribution is 7.16. The summed E-state index contributed by atoms with van der Waals surface area (Å²) in [7, 11) is 1.66. The standard InChI is InChI=1S/C25H29N3O2S/c1-19-24(21-11-13-22(30-2)14-12-21)26-25(31-19)28(17-20-9-5-3-6-10-20)23(29)18-27-15-7-4-8-16-27/h3,5-6,9-14H,4,7-8,15-18H2,1-2H3. The molecule has 2 aromatic carbocycles. The van der Waals surface area contributed by atoms with E-state index in [0.29, 0.717) is 13.1 Å². The second kappa shape index (κ2) is 10.1. The molecule has 0 spiro atoms. The molecule has 0 radical (unpaired) electrons. The van der Waals surface area contributed by atoms with Gasteiger partial charge in [-0.1, -0.05) is 36.8 Å². The van der Waals surface area contributed by atoms with E-state index in [1.165, 1.54) is 19.3 Å². The Morgan fingerprint density at radius 1 is 1.06 bits per heavy atom. The number of thiazole rings is 1. The summed E-state index contributed by atoms with van der Waals surface area (Å²) in [5.41, 5.74) is 3.06. The van der Waals surface area contributed by atoms with Crippen LogP contribution >= 0.6 is 11.3 Å². The Balaban J connectivity index is 1.61. The van der Waals surface area contributed by atoms with E-state index in [0.717, 1.165) is 45.7 Å². The minimum Gasteiger partial charge on any atom is -0.497 e. The first-order chi connectivity index (χ1) is 15.1. The number of rotatable bonds is 7. The molecule has 0 saturated carbocycles. The number of anilines is 1. The van der Waals surface area contributed by atoms with Gasteiger partial charge in [-0.2, -0.15) is 0 Å². The number of amides is 1. The summed E-state index contributed by atoms with van der Waals surface area (Å²) in [6.07, 6.45) is 3.60. The summed E-state index contributed by atoms with van der Waals surface area (Å²) in [4.78, 5) is 23.5. The number of nitrogens with zero attached hydrogens (tertiary/aromatic N) is 3. The molecule has 4 rings (SSSR count). The van der Waals surface area contributed by atoms with Crippen LogP contribution in [0.5, 0.6) is 5.75 Å². The number of piperidine rings is 1. The Hall–Kier alpha value is -2.70. The lowest BCUT2D eigenvalue weighted by Crippen LogP contribution is -2.42. The number of hydrogen-bond donors (Lipinski definition) is 0. The van der Waals surface area contributed by atoms with Crippen LogP contribution in [-0.4, -0.2) is 42.5 Å². The van der Waals surface area contributed by atoms with Crippen LogP contribution in [0.15, 0.2) is 54.6 Å². The molecular weight excluding hydrogens is 406 g/mol. The first-order valence-corrected chi connectivity index (χ1v) is 11.6. The van der Waals surface area contributed by atoms with Gasteiger partial charge in [-0.25, -0.2) is 4.98 Å². The molecule has 0 atom stereocenters. The van der Waals surface area contributed by atoms with E-state index in [1.54, 1.807) is 18.4 Å². The summed E-state index contributed by atoms with van der Waals surface area (Å²) >= 11 is 1.58. The van der Waals surface area contributed by atoms with E-state index < -0.39 is 0 Å². The average Bonchev–Trinajstić information content (AvgIpc) is 3.20. The van der Waals surface area contributed by atoms with E-state index in [2.05, 4.69) is 24.0 Å². The Morgan fingerprint density at radius 2 is 1.77 bits per heavy atom. The number of likely N-dealkylation sites (tertiary alicyclic amines) is 1. The van der Waals surface area contributed by atoms with Crippen LogP contribution in [0.2, 0.25) is 0 Å². The van der Waals surface area contributed by atoms with Gasteiger partial charge in [-0.05, 0) is 62.7 Å². The van der Waals surface area contributed by atoms with Crippen molar-refractivity contribution < 1.29 is 9.53 Å². The molecule has 1 aromatic heterocycles. The zero-order chi connectivity index (χ0) is 21.6. The average molecular weight is 436 g/mol. The third-order valence-corrected chi connectivity index (χ3v) is 6.67. The van der Waals surface area contributed by atoms with Crippen LogP contribution in [0, 0.1) is 6.92 Å². The number of ether oxygens (including phenoxy) is 1. The molecule has 0 N–H and O–H groups in total. The van der Waals surface area contributed by atoms with Crippen LogP contribution in [0.3, 0.4) is 0 Å². The maximum atomic E-state index is 13.4. The quantitative estimate of drug-likeness (QED) is 0.515. The fourth-order valence-electron chi connectivity index (χ4n) is 3.94. The predicted molar refractivity (Wildman–Crippen MR) is 127 cm³/mol. The SMILES string of the molecule is COc1ccc(-c2nc(N(Cc3ccccc3)C(=O)CN3CCCCC3)sc2C)cc1. The monoisotopic (exact) mass is 435 g/mol. The second-order valence-electron chi connectivity index (χ2n) is 7.93. The molecule has 31 heavy (non-hydrogen) atoms. The number of aryl methyl sites for hydroxylation is 1. The Morgan fingerprint density at radius 3 is 2.45 bits per heavy atom. The van der Waals surface area contributed by atoms with E-state index >= 15 is 0 Å². The first-order valence-electron chi connectivity index (χ1n) is 10.8. The van der Waals surface area contributed by atoms with Crippen molar-refractivity contribution in [3.8, 4) is 17.0 Å². The van der Waals surface area contributed by atoms with Crippen LogP contribution < -0.4 is 9.64 Å². The van der Waals surface area contributed by atoms with Gasteiger partial charge in [0.05, 0.1) is 25.9 Å². The molecule has 6 heteroatoms. The highest BCUT2D eigenvalue weighted by atomic mass is 32.1. The highest BCUT2D eigenvalue weighted by Gasteiger charge is 2.24. The topological polar surface area (TPSA) is 45.7 Å². The lowest BCUT2D eigenvalue weighted by molar-refractivity contribution is -0.120. The predicted octanol–water partition coefficient (Wildman–Crippen LogP) is 5.15. The van der Waals surface area contributed by atoms with Gasteiger partial charge in [-0.3, -0.25) is 14.6 Å². The van der Waals surface area contributed by atoms with Crippen molar-refractivity contribution in [1.29, 1.82) is 0 Å². The van der Waals surface area contributed by atoms with Gasteiger partial charge in [0.15, 0.2) is 5.13 Å². The fourth-order valence-corrected chi connectivity index (χ4v) is 4.88. The zero-order valence-corrected chi connectivity index (χ0v) is 19.0. The number of benzene rings is 2. The third kappa shape index (κ3) is 5.32. The molecule has 0 aliphatic carbocycles. The minimum atomic E-state index is 0.112. The summed E-state index contributed by atoms with van der Waals surface area (Å²) in [6, 6.07) is 18.1. The Labute approximate surface area is 188 Å². The number of carbonyl (C=O) groups excluding carboxylic acids is 1. The zero-order valence-electron chi connectivity index (χ0n) is 18.2. The summed E-state index contributed by atoms with van der Waals surface area (Å²) in [5.74, 6) is 0.931. The molecule has 1 fully saturated rings. The number of methoxy groups -OCH3 is 1.